The van der Waals surface area contributed by atoms with Crippen molar-refractivity contribution in [3.05, 3.63) is 0 Å². The van der Waals surface area contributed by atoms with E-state index in [0.29, 0.717) is 25.9 Å². The van der Waals surface area contributed by atoms with E-state index in [2.05, 4.69) is 19.2 Å². The molecule has 0 fully saturated rings. The van der Waals surface area contributed by atoms with Gasteiger partial charge in [-0.3, -0.25) is 9.59 Å². The van der Waals surface area contributed by atoms with Crippen molar-refractivity contribution >= 4 is 11.9 Å². The molecule has 2 atom stereocenters. The van der Waals surface area contributed by atoms with Crippen LogP contribution in [0, 0.1) is 0 Å². The molecule has 0 saturated heterocycles. The fraction of sp³-hybridized carbons (Fsp3) is 0.971. The molecule has 6 heteroatoms. The van der Waals surface area contributed by atoms with E-state index in [-0.39, 0.29) is 18.5 Å². The van der Waals surface area contributed by atoms with Crippen LogP contribution in [0.3, 0.4) is 0 Å². The summed E-state index contributed by atoms with van der Waals surface area (Å²) in [5.74, 6) is -0.0146. The summed E-state index contributed by atoms with van der Waals surface area (Å²) in [5, 5.41) is 23.4. The lowest BCUT2D eigenvalue weighted by atomic mass is 10.0. The van der Waals surface area contributed by atoms with Gasteiger partial charge >= 0.3 is 5.97 Å². The summed E-state index contributed by atoms with van der Waals surface area (Å²) in [6.07, 6.45) is 77.0. The number of esters is 1. The number of ether oxygens (including phenoxy) is 1. The van der Waals surface area contributed by atoms with Crippen molar-refractivity contribution in [2.75, 3.05) is 13.2 Å². The van der Waals surface area contributed by atoms with Crippen LogP contribution in [0.5, 0.6) is 0 Å². The Morgan fingerprint density at radius 2 is 0.554 bits per heavy atom. The molecule has 0 radical (unpaired) electrons. The number of carbonyl (C=O) groups is 2. The van der Waals surface area contributed by atoms with Gasteiger partial charge in [0.25, 0.3) is 0 Å². The molecule has 0 aliphatic heterocycles. The van der Waals surface area contributed by atoms with E-state index in [1.165, 1.54) is 327 Å². The Labute approximate surface area is 464 Å². The lowest BCUT2D eigenvalue weighted by Crippen LogP contribution is -2.45. The molecule has 0 aliphatic rings. The Bertz CT molecular complexity index is 1070. The Balaban J connectivity index is 3.37. The molecule has 0 aliphatic carbocycles. The quantitative estimate of drug-likeness (QED) is 0.0417. The third kappa shape index (κ3) is 60.1. The van der Waals surface area contributed by atoms with E-state index in [4.69, 9.17) is 4.74 Å². The summed E-state index contributed by atoms with van der Waals surface area (Å²) >= 11 is 0. The number of rotatable bonds is 65. The monoisotopic (exact) mass is 1050 g/mol. The Hall–Kier alpha value is -1.14. The molecule has 0 spiro atoms. The van der Waals surface area contributed by atoms with Crippen molar-refractivity contribution in [1.29, 1.82) is 0 Å². The smallest absolute Gasteiger partial charge is 0.305 e. The second kappa shape index (κ2) is 64.4. The summed E-state index contributed by atoms with van der Waals surface area (Å²) in [7, 11) is 0. The zero-order chi connectivity index (χ0) is 53.6. The van der Waals surface area contributed by atoms with Gasteiger partial charge in [-0.15, -0.1) is 0 Å². The molecule has 0 aromatic heterocycles. The van der Waals surface area contributed by atoms with Gasteiger partial charge in [-0.1, -0.05) is 361 Å². The van der Waals surface area contributed by atoms with Crippen LogP contribution in [0.4, 0.5) is 0 Å². The van der Waals surface area contributed by atoms with Crippen LogP contribution in [0.15, 0.2) is 0 Å². The Kier molecular flexibility index (Phi) is 63.4. The van der Waals surface area contributed by atoms with Crippen molar-refractivity contribution in [1.82, 2.24) is 5.32 Å². The van der Waals surface area contributed by atoms with E-state index >= 15 is 0 Å². The number of aliphatic hydroxyl groups is 2. The first-order valence-corrected chi connectivity index (χ1v) is 34.3. The van der Waals surface area contributed by atoms with E-state index < -0.39 is 12.1 Å². The second-order valence-corrected chi connectivity index (χ2v) is 23.9. The lowest BCUT2D eigenvalue weighted by Gasteiger charge is -2.22. The van der Waals surface area contributed by atoms with Crippen molar-refractivity contribution in [3.63, 3.8) is 0 Å². The first-order chi connectivity index (χ1) is 36.5. The average molecular weight is 1050 g/mol. The highest BCUT2D eigenvalue weighted by Crippen LogP contribution is 2.19. The van der Waals surface area contributed by atoms with E-state index in [1.54, 1.807) is 0 Å². The van der Waals surface area contributed by atoms with Gasteiger partial charge in [-0.25, -0.2) is 0 Å². The molecule has 0 saturated carbocycles. The summed E-state index contributed by atoms with van der Waals surface area (Å²) in [6.45, 7) is 5.00. The van der Waals surface area contributed by atoms with Gasteiger partial charge in [0.05, 0.1) is 25.4 Å². The molecule has 0 bridgehead atoms. The first-order valence-electron chi connectivity index (χ1n) is 34.3. The van der Waals surface area contributed by atoms with Crippen LogP contribution in [0.1, 0.15) is 399 Å². The predicted molar refractivity (Wildman–Crippen MR) is 324 cm³/mol. The summed E-state index contributed by atoms with van der Waals surface area (Å²) < 4.78 is 5.49. The molecule has 442 valence electrons. The van der Waals surface area contributed by atoms with Crippen LogP contribution in [0.25, 0.3) is 0 Å². The molecular weight excluding hydrogens is 911 g/mol. The van der Waals surface area contributed by atoms with E-state index in [1.807, 2.05) is 0 Å². The third-order valence-electron chi connectivity index (χ3n) is 16.4. The van der Waals surface area contributed by atoms with Crippen molar-refractivity contribution in [3.8, 4) is 0 Å². The first kappa shape index (κ1) is 72.9. The average Bonchev–Trinajstić information content (AvgIpc) is 3.40. The number of carbonyl (C=O) groups excluding carboxylic acids is 2. The Morgan fingerprint density at radius 3 is 0.824 bits per heavy atom. The van der Waals surface area contributed by atoms with E-state index in [0.717, 1.165) is 38.5 Å². The normalized spacial score (nSPS) is 12.4. The molecule has 0 aromatic carbocycles. The molecule has 2 unspecified atom stereocenters. The highest BCUT2D eigenvalue weighted by molar-refractivity contribution is 5.76. The van der Waals surface area contributed by atoms with Gasteiger partial charge in [0, 0.05) is 12.8 Å². The minimum absolute atomic E-state index is 0.0158. The maximum Gasteiger partial charge on any atom is 0.305 e. The molecule has 74 heavy (non-hydrogen) atoms. The summed E-state index contributed by atoms with van der Waals surface area (Å²) in [6, 6.07) is -0.542. The molecule has 0 aromatic rings. The van der Waals surface area contributed by atoms with Gasteiger partial charge in [0.2, 0.25) is 5.91 Å². The Morgan fingerprint density at radius 1 is 0.324 bits per heavy atom. The molecule has 6 nitrogen and oxygen atoms in total. The summed E-state index contributed by atoms with van der Waals surface area (Å²) in [4.78, 5) is 24.6. The fourth-order valence-electron chi connectivity index (χ4n) is 11.2. The van der Waals surface area contributed by atoms with Gasteiger partial charge in [-0.05, 0) is 25.7 Å². The number of hydrogen-bond donors (Lipinski definition) is 3. The molecule has 0 rings (SSSR count). The zero-order valence-corrected chi connectivity index (χ0v) is 50.6. The topological polar surface area (TPSA) is 95.9 Å². The minimum Gasteiger partial charge on any atom is -0.466 e. The van der Waals surface area contributed by atoms with Crippen molar-refractivity contribution < 1.29 is 24.5 Å². The number of hydrogen-bond acceptors (Lipinski definition) is 5. The van der Waals surface area contributed by atoms with Crippen LogP contribution in [-0.4, -0.2) is 47.4 Å². The maximum atomic E-state index is 12.5. The SMILES string of the molecule is CCCCCCCCCCCCCCCCCCCCCCCCC(O)C(CO)NC(=O)CCCCCCCCCCCCCCCCCCCCCCCOC(=O)CCCCCCCCCCCCCCCC. The number of aliphatic hydroxyl groups excluding tert-OH is 2. The van der Waals surface area contributed by atoms with Gasteiger partial charge in [-0.2, -0.15) is 0 Å². The molecule has 0 heterocycles. The lowest BCUT2D eigenvalue weighted by molar-refractivity contribution is -0.143. The number of amides is 1. The zero-order valence-electron chi connectivity index (χ0n) is 50.6. The highest BCUT2D eigenvalue weighted by atomic mass is 16.5. The van der Waals surface area contributed by atoms with Crippen LogP contribution in [0.2, 0.25) is 0 Å². The van der Waals surface area contributed by atoms with Gasteiger partial charge < -0.3 is 20.3 Å². The third-order valence-corrected chi connectivity index (χ3v) is 16.4. The summed E-state index contributed by atoms with van der Waals surface area (Å²) in [5.41, 5.74) is 0. The number of nitrogens with one attached hydrogen (secondary N) is 1. The standard InChI is InChI=1S/C68H135NO5/c1-3-5-7-9-11-13-15-17-19-20-21-22-24-27-30-33-36-40-44-48-52-56-60-66(71)65(64-70)69-67(72)61-57-53-49-45-41-37-34-31-28-25-23-26-29-32-35-39-43-47-51-55-59-63-74-68(73)62-58-54-50-46-42-38-18-16-14-12-10-8-6-4-2/h65-66,70-71H,3-64H2,1-2H3,(H,69,72). The highest BCUT2D eigenvalue weighted by Gasteiger charge is 2.20. The van der Waals surface area contributed by atoms with Gasteiger partial charge in [0.15, 0.2) is 0 Å². The van der Waals surface area contributed by atoms with Crippen LogP contribution < -0.4 is 5.32 Å². The molecular formula is C68H135NO5. The van der Waals surface area contributed by atoms with Crippen molar-refractivity contribution in [2.24, 2.45) is 0 Å². The minimum atomic E-state index is -0.665. The van der Waals surface area contributed by atoms with Crippen LogP contribution >= 0.6 is 0 Å². The largest absolute Gasteiger partial charge is 0.466 e. The fourth-order valence-corrected chi connectivity index (χ4v) is 11.2. The number of unbranched alkanes of at least 4 members (excludes halogenated alkanes) is 54. The molecule has 1 amide bonds. The van der Waals surface area contributed by atoms with Gasteiger partial charge in [0.1, 0.15) is 0 Å². The van der Waals surface area contributed by atoms with Crippen molar-refractivity contribution in [2.45, 2.75) is 411 Å². The maximum absolute atomic E-state index is 12.5. The predicted octanol–water partition coefficient (Wildman–Crippen LogP) is 21.8. The van der Waals surface area contributed by atoms with Crippen LogP contribution in [-0.2, 0) is 14.3 Å². The second-order valence-electron chi connectivity index (χ2n) is 23.9. The van der Waals surface area contributed by atoms with E-state index in [9.17, 15) is 19.8 Å². The molecule has 3 N–H and O–H groups in total.